The van der Waals surface area contributed by atoms with Crippen LogP contribution in [-0.4, -0.2) is 32.0 Å². The Kier molecular flexibility index (Phi) is 4.82. The summed E-state index contributed by atoms with van der Waals surface area (Å²) in [7, 11) is 0. The SMILES string of the molecule is CC[C@H](NC(=O)c1cn(CC(=O)O)nn1)c1ccc(F)cc1. The molecule has 0 bridgehead atoms. The number of carbonyl (C=O) groups is 2. The van der Waals surface area contributed by atoms with E-state index >= 15 is 0 Å². The zero-order chi connectivity index (χ0) is 16.1. The van der Waals surface area contributed by atoms with Crippen molar-refractivity contribution >= 4 is 11.9 Å². The highest BCUT2D eigenvalue weighted by Crippen LogP contribution is 2.17. The molecule has 1 atom stereocenters. The van der Waals surface area contributed by atoms with Gasteiger partial charge in [0.05, 0.1) is 12.2 Å². The molecule has 2 rings (SSSR count). The molecule has 2 aromatic rings. The molecular formula is C14H15FN4O3. The molecule has 0 spiro atoms. The van der Waals surface area contributed by atoms with E-state index in [4.69, 9.17) is 5.11 Å². The fourth-order valence-electron chi connectivity index (χ4n) is 1.97. The van der Waals surface area contributed by atoms with Gasteiger partial charge in [0, 0.05) is 0 Å². The van der Waals surface area contributed by atoms with Crippen LogP contribution in [0.4, 0.5) is 4.39 Å². The molecule has 22 heavy (non-hydrogen) atoms. The highest BCUT2D eigenvalue weighted by atomic mass is 19.1. The van der Waals surface area contributed by atoms with E-state index in [2.05, 4.69) is 15.6 Å². The van der Waals surface area contributed by atoms with Crippen LogP contribution < -0.4 is 5.32 Å². The van der Waals surface area contributed by atoms with Crippen LogP contribution in [0.25, 0.3) is 0 Å². The molecule has 0 unspecified atom stereocenters. The summed E-state index contributed by atoms with van der Waals surface area (Å²) in [6.45, 7) is 1.52. The molecule has 1 heterocycles. The number of carboxylic acids is 1. The van der Waals surface area contributed by atoms with Crippen molar-refractivity contribution in [1.82, 2.24) is 20.3 Å². The molecule has 0 saturated carbocycles. The number of amides is 1. The van der Waals surface area contributed by atoms with Gasteiger partial charge in [-0.25, -0.2) is 9.07 Å². The van der Waals surface area contributed by atoms with Crippen LogP contribution in [0.15, 0.2) is 30.5 Å². The number of nitrogens with one attached hydrogen (secondary N) is 1. The topological polar surface area (TPSA) is 97.1 Å². The fraction of sp³-hybridized carbons (Fsp3) is 0.286. The molecule has 1 amide bonds. The first kappa shape index (κ1) is 15.6. The average molecular weight is 306 g/mol. The number of carbonyl (C=O) groups excluding carboxylic acids is 1. The summed E-state index contributed by atoms with van der Waals surface area (Å²) in [6, 6.07) is 5.56. The molecule has 116 valence electrons. The number of rotatable bonds is 6. The summed E-state index contributed by atoms with van der Waals surface area (Å²) in [5, 5.41) is 18.6. The Hall–Kier alpha value is -2.77. The van der Waals surface area contributed by atoms with Crippen molar-refractivity contribution in [3.63, 3.8) is 0 Å². The molecule has 2 N–H and O–H groups in total. The Morgan fingerprint density at radius 3 is 2.64 bits per heavy atom. The molecular weight excluding hydrogens is 291 g/mol. The van der Waals surface area contributed by atoms with E-state index in [1.54, 1.807) is 12.1 Å². The van der Waals surface area contributed by atoms with E-state index in [9.17, 15) is 14.0 Å². The van der Waals surface area contributed by atoms with Gasteiger partial charge in [0.15, 0.2) is 5.69 Å². The Labute approximate surface area is 125 Å². The van der Waals surface area contributed by atoms with Gasteiger partial charge in [-0.15, -0.1) is 5.10 Å². The minimum atomic E-state index is -1.07. The number of aromatic nitrogens is 3. The maximum atomic E-state index is 12.9. The van der Waals surface area contributed by atoms with E-state index in [1.165, 1.54) is 18.3 Å². The Morgan fingerprint density at radius 1 is 1.36 bits per heavy atom. The number of nitrogens with zero attached hydrogens (tertiary/aromatic N) is 3. The molecule has 0 radical (unpaired) electrons. The average Bonchev–Trinajstić information content (AvgIpc) is 2.93. The lowest BCUT2D eigenvalue weighted by Gasteiger charge is -2.16. The van der Waals surface area contributed by atoms with Gasteiger partial charge < -0.3 is 10.4 Å². The monoisotopic (exact) mass is 306 g/mol. The third-order valence-corrected chi connectivity index (χ3v) is 3.05. The van der Waals surface area contributed by atoms with Crippen LogP contribution in [0.3, 0.4) is 0 Å². The summed E-state index contributed by atoms with van der Waals surface area (Å²) in [5.41, 5.74) is 0.803. The van der Waals surface area contributed by atoms with Crippen LogP contribution in [0.1, 0.15) is 35.4 Å². The third kappa shape index (κ3) is 3.87. The van der Waals surface area contributed by atoms with Crippen LogP contribution in [0.2, 0.25) is 0 Å². The number of hydrogen-bond acceptors (Lipinski definition) is 4. The number of halogens is 1. The molecule has 0 saturated heterocycles. The Morgan fingerprint density at radius 2 is 2.05 bits per heavy atom. The normalized spacial score (nSPS) is 11.9. The Balaban J connectivity index is 2.07. The van der Waals surface area contributed by atoms with Crippen molar-refractivity contribution in [2.45, 2.75) is 25.9 Å². The van der Waals surface area contributed by atoms with E-state index in [0.29, 0.717) is 6.42 Å². The van der Waals surface area contributed by atoms with Crippen molar-refractivity contribution in [3.8, 4) is 0 Å². The lowest BCUT2D eigenvalue weighted by Crippen LogP contribution is -2.28. The predicted molar refractivity (Wildman–Crippen MR) is 74.6 cm³/mol. The minimum Gasteiger partial charge on any atom is -0.480 e. The number of aliphatic carboxylic acids is 1. The van der Waals surface area contributed by atoms with Gasteiger partial charge in [0.25, 0.3) is 5.91 Å². The molecule has 0 aliphatic carbocycles. The zero-order valence-electron chi connectivity index (χ0n) is 11.9. The Bertz CT molecular complexity index is 669. The summed E-state index contributed by atoms with van der Waals surface area (Å²) >= 11 is 0. The van der Waals surface area contributed by atoms with Gasteiger partial charge in [-0.05, 0) is 24.1 Å². The zero-order valence-corrected chi connectivity index (χ0v) is 11.9. The maximum Gasteiger partial charge on any atom is 0.325 e. The molecule has 0 aliphatic heterocycles. The number of carboxylic acid groups (broad SMARTS) is 1. The lowest BCUT2D eigenvalue weighted by molar-refractivity contribution is -0.137. The first-order valence-corrected chi connectivity index (χ1v) is 6.68. The molecule has 0 fully saturated rings. The van der Waals surface area contributed by atoms with Crippen molar-refractivity contribution < 1.29 is 19.1 Å². The lowest BCUT2D eigenvalue weighted by atomic mass is 10.0. The van der Waals surface area contributed by atoms with Crippen LogP contribution in [0.5, 0.6) is 0 Å². The summed E-state index contributed by atoms with van der Waals surface area (Å²) in [4.78, 5) is 22.7. The van der Waals surface area contributed by atoms with Gasteiger partial charge in [-0.3, -0.25) is 9.59 Å². The van der Waals surface area contributed by atoms with Gasteiger partial charge in [0.1, 0.15) is 12.4 Å². The summed E-state index contributed by atoms with van der Waals surface area (Å²) in [5.74, 6) is -1.89. The van der Waals surface area contributed by atoms with E-state index in [0.717, 1.165) is 10.2 Å². The van der Waals surface area contributed by atoms with Gasteiger partial charge in [-0.2, -0.15) is 0 Å². The van der Waals surface area contributed by atoms with Crippen LogP contribution in [-0.2, 0) is 11.3 Å². The van der Waals surface area contributed by atoms with Crippen molar-refractivity contribution in [2.24, 2.45) is 0 Å². The van der Waals surface area contributed by atoms with E-state index in [1.807, 2.05) is 6.92 Å². The van der Waals surface area contributed by atoms with E-state index in [-0.39, 0.29) is 24.1 Å². The molecule has 0 aliphatic rings. The second-order valence-corrected chi connectivity index (χ2v) is 4.68. The number of benzene rings is 1. The third-order valence-electron chi connectivity index (χ3n) is 3.05. The first-order chi connectivity index (χ1) is 10.5. The van der Waals surface area contributed by atoms with Gasteiger partial charge in [0.2, 0.25) is 0 Å². The van der Waals surface area contributed by atoms with Crippen LogP contribution in [0, 0.1) is 5.82 Å². The highest BCUT2D eigenvalue weighted by molar-refractivity contribution is 5.92. The van der Waals surface area contributed by atoms with E-state index < -0.39 is 11.9 Å². The smallest absolute Gasteiger partial charge is 0.325 e. The molecule has 1 aromatic heterocycles. The molecule has 1 aromatic carbocycles. The van der Waals surface area contributed by atoms with Gasteiger partial charge in [-0.1, -0.05) is 24.3 Å². The number of hydrogen-bond donors (Lipinski definition) is 2. The second-order valence-electron chi connectivity index (χ2n) is 4.68. The second kappa shape index (κ2) is 6.79. The quantitative estimate of drug-likeness (QED) is 0.840. The standard InChI is InChI=1S/C14H15FN4O3/c1-2-11(9-3-5-10(15)6-4-9)16-14(22)12-7-19(18-17-12)8-13(20)21/h3-7,11H,2,8H2,1H3,(H,16,22)(H,20,21)/t11-/m0/s1. The largest absolute Gasteiger partial charge is 0.480 e. The van der Waals surface area contributed by atoms with Gasteiger partial charge >= 0.3 is 5.97 Å². The minimum absolute atomic E-state index is 0.0295. The highest BCUT2D eigenvalue weighted by Gasteiger charge is 2.17. The van der Waals surface area contributed by atoms with Crippen molar-refractivity contribution in [3.05, 3.63) is 47.5 Å². The van der Waals surface area contributed by atoms with Crippen molar-refractivity contribution in [1.29, 1.82) is 0 Å². The first-order valence-electron chi connectivity index (χ1n) is 6.68. The summed E-state index contributed by atoms with van der Waals surface area (Å²) in [6.07, 6.45) is 1.88. The van der Waals surface area contributed by atoms with Crippen LogP contribution >= 0.6 is 0 Å². The fourth-order valence-corrected chi connectivity index (χ4v) is 1.97. The molecule has 8 heteroatoms. The summed E-state index contributed by atoms with van der Waals surface area (Å²) < 4.78 is 14.0. The predicted octanol–water partition coefficient (Wildman–Crippen LogP) is 1.38. The maximum absolute atomic E-state index is 12.9. The molecule has 7 nitrogen and oxygen atoms in total. The van der Waals surface area contributed by atoms with Crippen molar-refractivity contribution in [2.75, 3.05) is 0 Å².